The summed E-state index contributed by atoms with van der Waals surface area (Å²) < 4.78 is 10.9. The maximum atomic E-state index is 13.2. The van der Waals surface area contributed by atoms with Crippen LogP contribution >= 0.6 is 23.2 Å². The Labute approximate surface area is 214 Å². The molecule has 0 unspecified atom stereocenters. The number of Topliss-reactive ketones (excluding diaryl/α,β-unsaturated/α-hetero) is 1. The van der Waals surface area contributed by atoms with Crippen LogP contribution in [0.2, 0.25) is 10.0 Å². The van der Waals surface area contributed by atoms with Gasteiger partial charge in [-0.3, -0.25) is 14.5 Å². The Kier molecular flexibility index (Phi) is 8.13. The molecule has 0 radical (unpaired) electrons. The summed E-state index contributed by atoms with van der Waals surface area (Å²) in [5.41, 5.74) is 0.996. The summed E-state index contributed by atoms with van der Waals surface area (Å²) in [6.45, 7) is 7.60. The van der Waals surface area contributed by atoms with Gasteiger partial charge in [0, 0.05) is 31.7 Å². The van der Waals surface area contributed by atoms with E-state index in [0.717, 1.165) is 13.1 Å². The second-order valence-corrected chi connectivity index (χ2v) is 9.06. The Morgan fingerprint density at radius 3 is 2.46 bits per heavy atom. The van der Waals surface area contributed by atoms with E-state index in [1.807, 2.05) is 0 Å². The van der Waals surface area contributed by atoms with Crippen molar-refractivity contribution in [3.63, 3.8) is 0 Å². The lowest BCUT2D eigenvalue weighted by atomic mass is 9.95. The SMILES string of the molecule is C=CCOc1ccc(/C(O)=C2\C(=O)C(=O)N(CCN3CCOCC3)[C@@H]2c2ccc(Cl)c(Cl)c2)cc1. The first kappa shape index (κ1) is 25.3. The van der Waals surface area contributed by atoms with Gasteiger partial charge in [-0.15, -0.1) is 0 Å². The predicted octanol–water partition coefficient (Wildman–Crippen LogP) is 4.31. The number of aliphatic hydroxyl groups excluding tert-OH is 1. The minimum absolute atomic E-state index is 0.00938. The Bertz CT molecular complexity index is 1140. The number of benzene rings is 2. The number of carbonyl (C=O) groups excluding carboxylic acids is 2. The Balaban J connectivity index is 1.71. The van der Waals surface area contributed by atoms with Crippen molar-refractivity contribution in [3.8, 4) is 5.75 Å². The highest BCUT2D eigenvalue weighted by molar-refractivity contribution is 6.46. The third-order valence-electron chi connectivity index (χ3n) is 6.06. The molecule has 0 spiro atoms. The van der Waals surface area contributed by atoms with Crippen molar-refractivity contribution in [3.05, 3.63) is 81.9 Å². The normalized spacial score (nSPS) is 20.3. The highest BCUT2D eigenvalue weighted by Gasteiger charge is 2.46. The first-order valence-electron chi connectivity index (χ1n) is 11.3. The molecule has 0 aliphatic carbocycles. The highest BCUT2D eigenvalue weighted by atomic mass is 35.5. The zero-order valence-corrected chi connectivity index (χ0v) is 20.6. The van der Waals surface area contributed by atoms with Crippen molar-refractivity contribution in [1.29, 1.82) is 0 Å². The lowest BCUT2D eigenvalue weighted by molar-refractivity contribution is -0.140. The third kappa shape index (κ3) is 5.54. The van der Waals surface area contributed by atoms with Crippen LogP contribution in [-0.2, 0) is 14.3 Å². The van der Waals surface area contributed by atoms with Crippen molar-refractivity contribution >= 4 is 40.7 Å². The molecule has 1 atom stereocenters. The van der Waals surface area contributed by atoms with E-state index >= 15 is 0 Å². The number of hydrogen-bond donors (Lipinski definition) is 1. The fourth-order valence-corrected chi connectivity index (χ4v) is 4.54. The molecule has 7 nitrogen and oxygen atoms in total. The molecule has 184 valence electrons. The predicted molar refractivity (Wildman–Crippen MR) is 135 cm³/mol. The third-order valence-corrected chi connectivity index (χ3v) is 6.79. The van der Waals surface area contributed by atoms with Gasteiger partial charge in [-0.05, 0) is 42.0 Å². The number of rotatable bonds is 8. The smallest absolute Gasteiger partial charge is 0.295 e. The molecular formula is C26H26Cl2N2O5. The van der Waals surface area contributed by atoms with Crippen molar-refractivity contribution in [2.45, 2.75) is 6.04 Å². The number of ether oxygens (including phenoxy) is 2. The molecule has 0 saturated carbocycles. The van der Waals surface area contributed by atoms with Crippen LogP contribution in [0.4, 0.5) is 0 Å². The zero-order valence-electron chi connectivity index (χ0n) is 19.1. The number of morpholine rings is 1. The van der Waals surface area contributed by atoms with Gasteiger partial charge in [-0.2, -0.15) is 0 Å². The van der Waals surface area contributed by atoms with E-state index in [1.54, 1.807) is 48.5 Å². The number of likely N-dealkylation sites (tertiary alicyclic amines) is 1. The van der Waals surface area contributed by atoms with Gasteiger partial charge in [0.25, 0.3) is 11.7 Å². The number of nitrogens with zero attached hydrogens (tertiary/aromatic N) is 2. The van der Waals surface area contributed by atoms with Gasteiger partial charge >= 0.3 is 0 Å². The second kappa shape index (κ2) is 11.3. The molecule has 1 N–H and O–H groups in total. The van der Waals surface area contributed by atoms with Gasteiger partial charge < -0.3 is 19.5 Å². The van der Waals surface area contributed by atoms with Gasteiger partial charge in [0.1, 0.15) is 18.1 Å². The van der Waals surface area contributed by atoms with Gasteiger partial charge in [-0.1, -0.05) is 41.9 Å². The van der Waals surface area contributed by atoms with Crippen molar-refractivity contribution in [2.24, 2.45) is 0 Å². The first-order valence-corrected chi connectivity index (χ1v) is 12.0. The zero-order chi connectivity index (χ0) is 24.9. The molecule has 2 saturated heterocycles. The number of aliphatic hydroxyl groups is 1. The number of ketones is 1. The molecule has 2 aliphatic rings. The van der Waals surface area contributed by atoms with E-state index in [4.69, 9.17) is 32.7 Å². The van der Waals surface area contributed by atoms with E-state index in [9.17, 15) is 14.7 Å². The van der Waals surface area contributed by atoms with Crippen LogP contribution < -0.4 is 4.74 Å². The molecule has 0 bridgehead atoms. The summed E-state index contributed by atoms with van der Waals surface area (Å²) in [4.78, 5) is 30.0. The molecule has 2 fully saturated rings. The Morgan fingerprint density at radius 1 is 1.09 bits per heavy atom. The van der Waals surface area contributed by atoms with Gasteiger partial charge in [0.2, 0.25) is 0 Å². The molecule has 35 heavy (non-hydrogen) atoms. The summed E-state index contributed by atoms with van der Waals surface area (Å²) >= 11 is 12.4. The first-order chi connectivity index (χ1) is 16.9. The average Bonchev–Trinajstić information content (AvgIpc) is 3.13. The molecule has 2 aliphatic heterocycles. The van der Waals surface area contributed by atoms with Crippen LogP contribution in [0.3, 0.4) is 0 Å². The summed E-state index contributed by atoms with van der Waals surface area (Å²) in [6.07, 6.45) is 1.63. The Hall–Kier alpha value is -2.84. The minimum Gasteiger partial charge on any atom is -0.507 e. The van der Waals surface area contributed by atoms with Gasteiger partial charge in [0.05, 0.1) is 34.9 Å². The number of carbonyl (C=O) groups is 2. The minimum atomic E-state index is -0.803. The van der Waals surface area contributed by atoms with Crippen LogP contribution in [0.15, 0.2) is 60.7 Å². The van der Waals surface area contributed by atoms with Crippen molar-refractivity contribution in [1.82, 2.24) is 9.80 Å². The lowest BCUT2D eigenvalue weighted by Gasteiger charge is -2.31. The van der Waals surface area contributed by atoms with E-state index in [2.05, 4.69) is 11.5 Å². The molecule has 4 rings (SSSR count). The summed E-state index contributed by atoms with van der Waals surface area (Å²) in [5.74, 6) is -1.08. The molecular weight excluding hydrogens is 491 g/mol. The van der Waals surface area contributed by atoms with Crippen LogP contribution in [0, 0.1) is 0 Å². The summed E-state index contributed by atoms with van der Waals surface area (Å²) in [7, 11) is 0. The maximum absolute atomic E-state index is 13.2. The fraction of sp³-hybridized carbons (Fsp3) is 0.308. The monoisotopic (exact) mass is 516 g/mol. The van der Waals surface area contributed by atoms with Gasteiger partial charge in [0.15, 0.2) is 0 Å². The number of halogens is 2. The average molecular weight is 517 g/mol. The highest BCUT2D eigenvalue weighted by Crippen LogP contribution is 2.41. The van der Waals surface area contributed by atoms with E-state index in [1.165, 1.54) is 4.90 Å². The fourth-order valence-electron chi connectivity index (χ4n) is 4.23. The molecule has 2 heterocycles. The topological polar surface area (TPSA) is 79.3 Å². The largest absolute Gasteiger partial charge is 0.507 e. The molecule has 2 aromatic rings. The molecule has 1 amide bonds. The number of amides is 1. The maximum Gasteiger partial charge on any atom is 0.295 e. The van der Waals surface area contributed by atoms with E-state index < -0.39 is 17.7 Å². The lowest BCUT2D eigenvalue weighted by Crippen LogP contribution is -2.42. The van der Waals surface area contributed by atoms with Crippen LogP contribution in [-0.4, -0.2) is 72.6 Å². The standard InChI is InChI=1S/C26H26Cl2N2O5/c1-2-13-35-19-6-3-17(4-7-19)24(31)22-23(18-5-8-20(27)21(28)16-18)30(26(33)25(22)32)10-9-29-11-14-34-15-12-29/h2-8,16,23,31H,1,9-15H2/b24-22+/t23-/m1/s1. The van der Waals surface area contributed by atoms with Gasteiger partial charge in [-0.25, -0.2) is 0 Å². The number of hydrogen-bond acceptors (Lipinski definition) is 6. The summed E-state index contributed by atoms with van der Waals surface area (Å²) in [6, 6.07) is 10.8. The Morgan fingerprint density at radius 2 is 1.80 bits per heavy atom. The summed E-state index contributed by atoms with van der Waals surface area (Å²) in [5, 5.41) is 11.9. The molecule has 0 aromatic heterocycles. The van der Waals surface area contributed by atoms with Crippen LogP contribution in [0.25, 0.3) is 5.76 Å². The van der Waals surface area contributed by atoms with E-state index in [-0.39, 0.29) is 11.3 Å². The second-order valence-electron chi connectivity index (χ2n) is 8.24. The van der Waals surface area contributed by atoms with Crippen molar-refractivity contribution < 1.29 is 24.2 Å². The van der Waals surface area contributed by atoms with E-state index in [0.29, 0.717) is 59.8 Å². The van der Waals surface area contributed by atoms with Crippen LogP contribution in [0.5, 0.6) is 5.75 Å². The quantitative estimate of drug-likeness (QED) is 0.243. The molecule has 9 heteroatoms. The van der Waals surface area contributed by atoms with Crippen LogP contribution in [0.1, 0.15) is 17.2 Å². The van der Waals surface area contributed by atoms with Crippen molar-refractivity contribution in [2.75, 3.05) is 46.0 Å². The molecule has 2 aromatic carbocycles.